The van der Waals surface area contributed by atoms with E-state index in [0.717, 1.165) is 22.2 Å². The van der Waals surface area contributed by atoms with Crippen molar-refractivity contribution in [2.45, 2.75) is 25.9 Å². The number of benzene rings is 3. The molecule has 0 bridgehead atoms. The molecular formula is C27H29ClN4O6S. The van der Waals surface area contributed by atoms with E-state index in [0.29, 0.717) is 16.1 Å². The number of hydrogen-bond acceptors (Lipinski definition) is 6. The highest BCUT2D eigenvalue weighted by molar-refractivity contribution is 7.92. The lowest BCUT2D eigenvalue weighted by Crippen LogP contribution is -2.53. The topological polar surface area (TPSA) is 130 Å². The van der Waals surface area contributed by atoms with Crippen LogP contribution in [0.15, 0.2) is 72.8 Å². The SMILES string of the molecule is CNC(=O)[C@@H](Cc1ccccc1)N(Cc1cccc(Cl)c1)C(=O)CN(c1cc([N+](=O)[O-])ccc1C)S(C)(=O)=O. The second-order valence-electron chi connectivity index (χ2n) is 8.97. The van der Waals surface area contributed by atoms with E-state index in [2.05, 4.69) is 5.32 Å². The van der Waals surface area contributed by atoms with Gasteiger partial charge in [-0.2, -0.15) is 0 Å². The van der Waals surface area contributed by atoms with Crippen LogP contribution in [0.1, 0.15) is 16.7 Å². The number of nitro benzene ring substituents is 1. The minimum absolute atomic E-state index is 0.00214. The van der Waals surface area contributed by atoms with Crippen molar-refractivity contribution in [2.75, 3.05) is 24.2 Å². The van der Waals surface area contributed by atoms with Gasteiger partial charge >= 0.3 is 0 Å². The highest BCUT2D eigenvalue weighted by Crippen LogP contribution is 2.28. The zero-order valence-corrected chi connectivity index (χ0v) is 23.3. The Balaban J connectivity index is 2.08. The molecule has 0 radical (unpaired) electrons. The predicted octanol–water partition coefficient (Wildman–Crippen LogP) is 3.71. The molecule has 1 atom stereocenters. The van der Waals surface area contributed by atoms with Crippen LogP contribution in [0, 0.1) is 17.0 Å². The number of carbonyl (C=O) groups excluding carboxylic acids is 2. The van der Waals surface area contributed by atoms with Gasteiger partial charge < -0.3 is 10.2 Å². The molecule has 12 heteroatoms. The average molecular weight is 573 g/mol. The molecule has 1 N–H and O–H groups in total. The van der Waals surface area contributed by atoms with Gasteiger partial charge in [-0.25, -0.2) is 8.42 Å². The molecular weight excluding hydrogens is 544 g/mol. The maximum Gasteiger partial charge on any atom is 0.271 e. The number of hydrogen-bond donors (Lipinski definition) is 1. The second kappa shape index (κ2) is 12.7. The Bertz CT molecular complexity index is 1470. The van der Waals surface area contributed by atoms with Crippen LogP contribution in [0.3, 0.4) is 0 Å². The highest BCUT2D eigenvalue weighted by Gasteiger charge is 2.33. The lowest BCUT2D eigenvalue weighted by Gasteiger charge is -2.33. The van der Waals surface area contributed by atoms with Crippen LogP contribution in [0.5, 0.6) is 0 Å². The van der Waals surface area contributed by atoms with E-state index in [-0.39, 0.29) is 24.3 Å². The fourth-order valence-electron chi connectivity index (χ4n) is 4.13. The van der Waals surface area contributed by atoms with Gasteiger partial charge in [-0.15, -0.1) is 0 Å². The number of nitro groups is 1. The maximum absolute atomic E-state index is 13.9. The van der Waals surface area contributed by atoms with Gasteiger partial charge in [-0.1, -0.05) is 60.1 Å². The minimum atomic E-state index is -4.06. The summed E-state index contributed by atoms with van der Waals surface area (Å²) in [4.78, 5) is 39.1. The van der Waals surface area contributed by atoms with E-state index >= 15 is 0 Å². The Morgan fingerprint density at radius 1 is 1.03 bits per heavy atom. The number of likely N-dealkylation sites (N-methyl/N-ethyl adjacent to an activating group) is 1. The average Bonchev–Trinajstić information content (AvgIpc) is 2.89. The molecule has 0 saturated heterocycles. The first kappa shape index (κ1) is 29.6. The number of halogens is 1. The molecule has 2 amide bonds. The molecule has 3 rings (SSSR count). The number of carbonyl (C=O) groups is 2. The number of rotatable bonds is 11. The summed E-state index contributed by atoms with van der Waals surface area (Å²) in [5, 5.41) is 14.4. The van der Waals surface area contributed by atoms with Gasteiger partial charge in [-0.05, 0) is 35.7 Å². The van der Waals surface area contributed by atoms with Crippen molar-refractivity contribution in [2.24, 2.45) is 0 Å². The van der Waals surface area contributed by atoms with Crippen LogP contribution in [-0.4, -0.2) is 55.9 Å². The molecule has 3 aromatic rings. The smallest absolute Gasteiger partial charge is 0.271 e. The lowest BCUT2D eigenvalue weighted by molar-refractivity contribution is -0.384. The summed E-state index contributed by atoms with van der Waals surface area (Å²) in [6.45, 7) is 0.883. The van der Waals surface area contributed by atoms with Gasteiger partial charge in [0.05, 0.1) is 16.9 Å². The zero-order chi connectivity index (χ0) is 28.7. The third kappa shape index (κ3) is 7.78. The Labute approximate surface area is 232 Å². The molecule has 206 valence electrons. The standard InChI is InChI=1S/C27H29ClN4O6S/c1-19-12-13-23(32(35)36)16-24(19)31(39(3,37)38)18-26(33)30(17-21-10-7-11-22(28)14-21)25(27(34)29-2)15-20-8-5-4-6-9-20/h4-14,16,25H,15,17-18H2,1-3H3,(H,29,34)/t25-/m1/s1. The Morgan fingerprint density at radius 3 is 2.28 bits per heavy atom. The number of anilines is 1. The molecule has 10 nitrogen and oxygen atoms in total. The number of amides is 2. The maximum atomic E-state index is 13.9. The molecule has 3 aromatic carbocycles. The fraction of sp³-hybridized carbons (Fsp3) is 0.259. The van der Waals surface area contributed by atoms with Crippen molar-refractivity contribution >= 4 is 44.8 Å². The van der Waals surface area contributed by atoms with E-state index in [4.69, 9.17) is 11.6 Å². The summed E-state index contributed by atoms with van der Waals surface area (Å²) in [6, 6.07) is 18.7. The van der Waals surface area contributed by atoms with Gasteiger partial charge in [0.15, 0.2) is 0 Å². The quantitative estimate of drug-likeness (QED) is 0.275. The molecule has 0 aliphatic carbocycles. The van der Waals surface area contributed by atoms with Crippen molar-refractivity contribution in [3.63, 3.8) is 0 Å². The van der Waals surface area contributed by atoms with E-state index < -0.39 is 39.3 Å². The van der Waals surface area contributed by atoms with Crippen LogP contribution in [0.4, 0.5) is 11.4 Å². The fourth-order valence-corrected chi connectivity index (χ4v) is 5.24. The van der Waals surface area contributed by atoms with Gasteiger partial charge in [0, 0.05) is 37.2 Å². The number of sulfonamides is 1. The van der Waals surface area contributed by atoms with Crippen LogP contribution in [-0.2, 0) is 32.6 Å². The molecule has 0 saturated carbocycles. The number of nitrogens with one attached hydrogen (secondary N) is 1. The Morgan fingerprint density at radius 2 is 1.69 bits per heavy atom. The second-order valence-corrected chi connectivity index (χ2v) is 11.3. The van der Waals surface area contributed by atoms with Crippen molar-refractivity contribution in [3.8, 4) is 0 Å². The van der Waals surface area contributed by atoms with E-state index in [9.17, 15) is 28.1 Å². The molecule has 0 aromatic heterocycles. The molecule has 0 aliphatic rings. The van der Waals surface area contributed by atoms with Crippen molar-refractivity contribution in [1.29, 1.82) is 0 Å². The molecule has 0 spiro atoms. The van der Waals surface area contributed by atoms with Crippen LogP contribution >= 0.6 is 11.6 Å². The van der Waals surface area contributed by atoms with Crippen LogP contribution in [0.2, 0.25) is 5.02 Å². The molecule has 0 aliphatic heterocycles. The minimum Gasteiger partial charge on any atom is -0.357 e. The third-order valence-electron chi connectivity index (χ3n) is 6.11. The Kier molecular flexibility index (Phi) is 9.66. The van der Waals surface area contributed by atoms with Gasteiger partial charge in [-0.3, -0.25) is 24.0 Å². The predicted molar refractivity (Wildman–Crippen MR) is 150 cm³/mol. The first-order valence-corrected chi connectivity index (χ1v) is 14.2. The largest absolute Gasteiger partial charge is 0.357 e. The first-order chi connectivity index (χ1) is 18.4. The zero-order valence-electron chi connectivity index (χ0n) is 21.7. The summed E-state index contributed by atoms with van der Waals surface area (Å²) >= 11 is 6.16. The number of non-ortho nitro benzene ring substituents is 1. The number of nitrogens with zero attached hydrogens (tertiary/aromatic N) is 3. The van der Waals surface area contributed by atoms with Crippen molar-refractivity contribution in [1.82, 2.24) is 10.2 Å². The summed E-state index contributed by atoms with van der Waals surface area (Å²) in [5.41, 5.74) is 1.54. The first-order valence-electron chi connectivity index (χ1n) is 11.9. The van der Waals surface area contributed by atoms with Gasteiger partial charge in [0.1, 0.15) is 12.6 Å². The Hall–Kier alpha value is -3.96. The van der Waals surface area contributed by atoms with Gasteiger partial charge in [0.25, 0.3) is 5.69 Å². The van der Waals surface area contributed by atoms with E-state index in [1.807, 2.05) is 30.3 Å². The summed E-state index contributed by atoms with van der Waals surface area (Å²) in [7, 11) is -2.60. The van der Waals surface area contributed by atoms with Crippen molar-refractivity contribution < 1.29 is 22.9 Å². The van der Waals surface area contributed by atoms with Crippen LogP contribution in [0.25, 0.3) is 0 Å². The number of aryl methyl sites for hydroxylation is 1. The lowest BCUT2D eigenvalue weighted by atomic mass is 10.0. The molecule has 39 heavy (non-hydrogen) atoms. The van der Waals surface area contributed by atoms with Crippen LogP contribution < -0.4 is 9.62 Å². The third-order valence-corrected chi connectivity index (χ3v) is 7.47. The summed E-state index contributed by atoms with van der Waals surface area (Å²) in [6.07, 6.45) is 1.08. The van der Waals surface area contributed by atoms with Gasteiger partial charge in [0.2, 0.25) is 21.8 Å². The van der Waals surface area contributed by atoms with Crippen molar-refractivity contribution in [3.05, 3.63) is 105 Å². The van der Waals surface area contributed by atoms with E-state index in [1.54, 1.807) is 31.2 Å². The molecule has 0 heterocycles. The summed E-state index contributed by atoms with van der Waals surface area (Å²) in [5.74, 6) is -1.11. The monoisotopic (exact) mass is 572 g/mol. The molecule has 0 fully saturated rings. The molecule has 0 unspecified atom stereocenters. The van der Waals surface area contributed by atoms with E-state index in [1.165, 1.54) is 24.1 Å². The highest BCUT2D eigenvalue weighted by atomic mass is 35.5. The summed E-state index contributed by atoms with van der Waals surface area (Å²) < 4.78 is 26.6. The normalized spacial score (nSPS) is 11.9.